The maximum absolute atomic E-state index is 12.3. The molecule has 2 rings (SSSR count). The molecule has 0 saturated carbocycles. The lowest BCUT2D eigenvalue weighted by Gasteiger charge is -2.17. The molecule has 0 aliphatic carbocycles. The van der Waals surface area contributed by atoms with Crippen LogP contribution in [0.4, 0.5) is 5.13 Å². The number of carbonyl (C=O) groups is 2. The van der Waals surface area contributed by atoms with E-state index >= 15 is 0 Å². The largest absolute Gasteiger partial charge is 0.480 e. The number of carboxylic acids is 1. The molecule has 0 bridgehead atoms. The summed E-state index contributed by atoms with van der Waals surface area (Å²) < 4.78 is 0.957. The molecule has 23 heavy (non-hydrogen) atoms. The van der Waals surface area contributed by atoms with Crippen molar-refractivity contribution in [2.75, 3.05) is 18.0 Å². The monoisotopic (exact) mass is 355 g/mol. The van der Waals surface area contributed by atoms with E-state index in [1.54, 1.807) is 31.3 Å². The summed E-state index contributed by atoms with van der Waals surface area (Å²) in [6.45, 7) is 9.47. The molecule has 0 aromatic carbocycles. The average Bonchev–Trinajstić information content (AvgIpc) is 3.03. The van der Waals surface area contributed by atoms with Gasteiger partial charge in [0.05, 0.1) is 9.58 Å². The van der Waals surface area contributed by atoms with E-state index in [9.17, 15) is 9.59 Å². The van der Waals surface area contributed by atoms with Crippen molar-refractivity contribution in [3.05, 3.63) is 10.9 Å². The number of hydrogen-bond acceptors (Lipinski definition) is 6. The van der Waals surface area contributed by atoms with Gasteiger partial charge in [0.2, 0.25) is 0 Å². The molecule has 2 N–H and O–H groups in total. The maximum Gasteiger partial charge on any atom is 0.326 e. The van der Waals surface area contributed by atoms with E-state index < -0.39 is 12.0 Å². The first kappa shape index (κ1) is 17.7. The molecule has 0 unspecified atom stereocenters. The van der Waals surface area contributed by atoms with Crippen LogP contribution in [-0.2, 0) is 4.79 Å². The highest BCUT2D eigenvalue weighted by Gasteiger charge is 2.25. The van der Waals surface area contributed by atoms with E-state index in [0.717, 1.165) is 27.8 Å². The van der Waals surface area contributed by atoms with Gasteiger partial charge >= 0.3 is 5.97 Å². The highest BCUT2D eigenvalue weighted by molar-refractivity contribution is 7.29. The number of aromatic nitrogens is 1. The van der Waals surface area contributed by atoms with E-state index in [1.165, 1.54) is 11.3 Å². The van der Waals surface area contributed by atoms with Crippen molar-refractivity contribution < 1.29 is 14.7 Å². The van der Waals surface area contributed by atoms with Crippen molar-refractivity contribution in [3.63, 3.8) is 0 Å². The van der Waals surface area contributed by atoms with Crippen LogP contribution in [0, 0.1) is 5.92 Å². The number of nitrogens with zero attached hydrogens (tertiary/aromatic N) is 2. The molecule has 0 fully saturated rings. The summed E-state index contributed by atoms with van der Waals surface area (Å²) in [4.78, 5) is 31.5. The van der Waals surface area contributed by atoms with E-state index in [2.05, 4.69) is 29.0 Å². The lowest BCUT2D eigenvalue weighted by molar-refractivity contribution is -0.140. The average molecular weight is 355 g/mol. The topological polar surface area (TPSA) is 82.5 Å². The summed E-state index contributed by atoms with van der Waals surface area (Å²) in [5.41, 5.74) is 0. The number of carbonyl (C=O) groups excluding carboxylic acids is 1. The Morgan fingerprint density at radius 2 is 1.96 bits per heavy atom. The van der Waals surface area contributed by atoms with Crippen LogP contribution in [-0.4, -0.2) is 41.1 Å². The molecular formula is C15H21N3O3S2. The fourth-order valence-corrected chi connectivity index (χ4v) is 4.43. The number of rotatable bonds is 7. The summed E-state index contributed by atoms with van der Waals surface area (Å²) in [6.07, 6.45) is 0. The number of thiophene rings is 1. The highest BCUT2D eigenvalue weighted by atomic mass is 32.1. The van der Waals surface area contributed by atoms with Gasteiger partial charge in [-0.05, 0) is 25.8 Å². The molecule has 2 aromatic rings. The van der Waals surface area contributed by atoms with Crippen molar-refractivity contribution >= 4 is 49.2 Å². The number of aliphatic carboxylic acids is 1. The van der Waals surface area contributed by atoms with Crippen LogP contribution in [0.15, 0.2) is 6.07 Å². The summed E-state index contributed by atoms with van der Waals surface area (Å²) >= 11 is 2.85. The van der Waals surface area contributed by atoms with Crippen molar-refractivity contribution in [2.45, 2.75) is 33.7 Å². The molecule has 1 atom stereocenters. The van der Waals surface area contributed by atoms with Gasteiger partial charge in [-0.3, -0.25) is 4.79 Å². The van der Waals surface area contributed by atoms with Gasteiger partial charge in [-0.2, -0.15) is 0 Å². The zero-order chi connectivity index (χ0) is 17.1. The number of hydrogen-bond donors (Lipinski definition) is 2. The molecular weight excluding hydrogens is 334 g/mol. The number of carboxylic acid groups (broad SMARTS) is 1. The van der Waals surface area contributed by atoms with Crippen molar-refractivity contribution in [3.8, 4) is 0 Å². The number of nitrogens with one attached hydrogen (secondary N) is 1. The Morgan fingerprint density at radius 1 is 1.30 bits per heavy atom. The van der Waals surface area contributed by atoms with Crippen LogP contribution in [0.3, 0.4) is 0 Å². The molecule has 0 radical (unpaired) electrons. The number of amides is 1. The Bertz CT molecular complexity index is 672. The Hall–Kier alpha value is -1.67. The zero-order valence-corrected chi connectivity index (χ0v) is 15.3. The Labute approximate surface area is 143 Å². The minimum atomic E-state index is -1.02. The first-order valence-electron chi connectivity index (χ1n) is 7.56. The number of anilines is 1. The van der Waals surface area contributed by atoms with E-state index in [4.69, 9.17) is 5.11 Å². The molecule has 1 amide bonds. The van der Waals surface area contributed by atoms with Crippen LogP contribution >= 0.6 is 22.7 Å². The van der Waals surface area contributed by atoms with Gasteiger partial charge in [0.25, 0.3) is 5.91 Å². The van der Waals surface area contributed by atoms with Gasteiger partial charge in [-0.25, -0.2) is 9.78 Å². The lowest BCUT2D eigenvalue weighted by Crippen LogP contribution is -2.44. The fraction of sp³-hybridized carbons (Fsp3) is 0.533. The smallest absolute Gasteiger partial charge is 0.326 e. The molecule has 8 heteroatoms. The molecule has 6 nitrogen and oxygen atoms in total. The van der Waals surface area contributed by atoms with Gasteiger partial charge in [-0.1, -0.05) is 25.2 Å². The van der Waals surface area contributed by atoms with Gasteiger partial charge in [-0.15, -0.1) is 11.3 Å². The summed E-state index contributed by atoms with van der Waals surface area (Å²) in [6, 6.07) is 0.904. The minimum absolute atomic E-state index is 0.176. The second kappa shape index (κ2) is 7.27. The van der Waals surface area contributed by atoms with Crippen molar-refractivity contribution in [1.29, 1.82) is 0 Å². The summed E-state index contributed by atoms with van der Waals surface area (Å²) in [5.74, 6) is -1.55. The predicted molar refractivity (Wildman–Crippen MR) is 94.8 cm³/mol. The second-order valence-electron chi connectivity index (χ2n) is 5.48. The SMILES string of the molecule is CCN(CC)c1nc2sc(C(=O)N[C@H](C(=O)O)C(C)C)cc2s1. The van der Waals surface area contributed by atoms with E-state index in [-0.39, 0.29) is 11.8 Å². The van der Waals surface area contributed by atoms with Crippen molar-refractivity contribution in [2.24, 2.45) is 5.92 Å². The molecule has 2 aromatic heterocycles. The molecule has 0 aliphatic rings. The summed E-state index contributed by atoms with van der Waals surface area (Å²) in [7, 11) is 0. The van der Waals surface area contributed by atoms with Gasteiger partial charge in [0.1, 0.15) is 10.9 Å². The molecule has 126 valence electrons. The Kier molecular flexibility index (Phi) is 5.59. The Balaban J connectivity index is 2.19. The first-order valence-corrected chi connectivity index (χ1v) is 9.19. The van der Waals surface area contributed by atoms with Crippen LogP contribution < -0.4 is 10.2 Å². The molecule has 0 spiro atoms. The molecule has 0 aliphatic heterocycles. The first-order chi connectivity index (χ1) is 10.9. The summed E-state index contributed by atoms with van der Waals surface area (Å²) in [5, 5.41) is 12.7. The van der Waals surface area contributed by atoms with Gasteiger partial charge < -0.3 is 15.3 Å². The van der Waals surface area contributed by atoms with Crippen LogP contribution in [0.1, 0.15) is 37.4 Å². The highest BCUT2D eigenvalue weighted by Crippen LogP contribution is 2.34. The Morgan fingerprint density at radius 3 is 2.43 bits per heavy atom. The lowest BCUT2D eigenvalue weighted by atomic mass is 10.0. The third-order valence-corrected chi connectivity index (χ3v) is 5.78. The van der Waals surface area contributed by atoms with Crippen LogP contribution in [0.5, 0.6) is 0 Å². The quantitative estimate of drug-likeness (QED) is 0.798. The number of thiazole rings is 1. The molecule has 2 heterocycles. The van der Waals surface area contributed by atoms with E-state index in [1.807, 2.05) is 0 Å². The van der Waals surface area contributed by atoms with Crippen molar-refractivity contribution in [1.82, 2.24) is 10.3 Å². The normalized spacial score (nSPS) is 12.6. The predicted octanol–water partition coefficient (Wildman–Crippen LogP) is 3.04. The van der Waals surface area contributed by atoms with Crippen LogP contribution in [0.2, 0.25) is 0 Å². The molecule has 0 saturated heterocycles. The zero-order valence-electron chi connectivity index (χ0n) is 13.6. The maximum atomic E-state index is 12.3. The standard InChI is InChI=1S/C15H21N3O3S2/c1-5-18(6-2)15-17-13-10(23-15)7-9(22-13)12(19)16-11(8(3)4)14(20)21/h7-8,11H,5-6H2,1-4H3,(H,16,19)(H,20,21)/t11-/m0/s1. The second-order valence-corrected chi connectivity index (χ2v) is 7.52. The fourth-order valence-electron chi connectivity index (χ4n) is 2.19. The van der Waals surface area contributed by atoms with E-state index in [0.29, 0.717) is 4.88 Å². The van der Waals surface area contributed by atoms with Gasteiger partial charge in [0, 0.05) is 13.1 Å². The van der Waals surface area contributed by atoms with Gasteiger partial charge in [0.15, 0.2) is 5.13 Å². The third-order valence-electron chi connectivity index (χ3n) is 3.56. The minimum Gasteiger partial charge on any atom is -0.480 e. The third kappa shape index (κ3) is 3.81. The van der Waals surface area contributed by atoms with Crippen LogP contribution in [0.25, 0.3) is 9.53 Å². The number of fused-ring (bicyclic) bond motifs is 1.